The van der Waals surface area contributed by atoms with Crippen molar-refractivity contribution in [3.63, 3.8) is 0 Å². The summed E-state index contributed by atoms with van der Waals surface area (Å²) in [6.07, 6.45) is 2.38. The molecule has 0 aromatic rings. The minimum atomic E-state index is -0.803. The summed E-state index contributed by atoms with van der Waals surface area (Å²) in [7, 11) is 0. The van der Waals surface area contributed by atoms with Gasteiger partial charge in [0.2, 0.25) is 0 Å². The summed E-state index contributed by atoms with van der Waals surface area (Å²) in [4.78, 5) is 23.0. The number of amides is 1. The number of hydrogen-bond donors (Lipinski definition) is 2. The molecule has 1 amide bonds. The SMILES string of the molecule is CC(C)(C)OC(=O)N[C@@H]1[C@@H]2CC[C@H](C2)[C@H]1C(=O)O. The molecule has 5 heteroatoms. The van der Waals surface area contributed by atoms with Gasteiger partial charge in [0.25, 0.3) is 0 Å². The van der Waals surface area contributed by atoms with E-state index in [0.29, 0.717) is 5.92 Å². The molecule has 2 aliphatic rings. The lowest BCUT2D eigenvalue weighted by atomic mass is 9.84. The first-order valence-corrected chi connectivity index (χ1v) is 6.50. The molecule has 0 unspecified atom stereocenters. The van der Waals surface area contributed by atoms with Crippen LogP contribution in [0.2, 0.25) is 0 Å². The first-order chi connectivity index (χ1) is 8.28. The van der Waals surface area contributed by atoms with Crippen LogP contribution >= 0.6 is 0 Å². The number of carbonyl (C=O) groups is 2. The third-order valence-electron chi connectivity index (χ3n) is 3.88. The van der Waals surface area contributed by atoms with Crippen LogP contribution in [0.5, 0.6) is 0 Å². The van der Waals surface area contributed by atoms with E-state index in [1.165, 1.54) is 0 Å². The van der Waals surface area contributed by atoms with Crippen molar-refractivity contribution in [2.45, 2.75) is 51.7 Å². The molecule has 0 heterocycles. The maximum absolute atomic E-state index is 11.7. The van der Waals surface area contributed by atoms with Gasteiger partial charge in [-0.15, -0.1) is 0 Å². The van der Waals surface area contributed by atoms with Gasteiger partial charge in [0.1, 0.15) is 5.60 Å². The first kappa shape index (κ1) is 13.2. The van der Waals surface area contributed by atoms with E-state index in [1.54, 1.807) is 20.8 Å². The number of alkyl carbamates (subject to hydrolysis) is 1. The molecule has 0 aromatic carbocycles. The van der Waals surface area contributed by atoms with Gasteiger partial charge in [-0.3, -0.25) is 4.79 Å². The van der Waals surface area contributed by atoms with Gasteiger partial charge in [0.05, 0.1) is 5.92 Å². The van der Waals surface area contributed by atoms with Crippen LogP contribution in [0.25, 0.3) is 0 Å². The largest absolute Gasteiger partial charge is 0.481 e. The summed E-state index contributed by atoms with van der Waals surface area (Å²) >= 11 is 0. The van der Waals surface area contributed by atoms with Crippen LogP contribution in [-0.4, -0.2) is 28.8 Å². The third kappa shape index (κ3) is 2.60. The number of carboxylic acids is 1. The molecule has 5 nitrogen and oxygen atoms in total. The van der Waals surface area contributed by atoms with Gasteiger partial charge in [-0.2, -0.15) is 0 Å². The fourth-order valence-electron chi connectivity index (χ4n) is 3.30. The lowest BCUT2D eigenvalue weighted by Gasteiger charge is -2.30. The standard InChI is InChI=1S/C13H21NO4/c1-13(2,3)18-12(17)14-10-8-5-4-7(6-8)9(10)11(15)16/h7-10H,4-6H2,1-3H3,(H,14,17)(H,15,16)/t7-,8-,9-,10-/m1/s1. The van der Waals surface area contributed by atoms with E-state index >= 15 is 0 Å². The maximum Gasteiger partial charge on any atom is 0.407 e. The van der Waals surface area contributed by atoms with Crippen molar-refractivity contribution < 1.29 is 19.4 Å². The molecule has 0 aliphatic heterocycles. The van der Waals surface area contributed by atoms with Crippen LogP contribution in [0.3, 0.4) is 0 Å². The average molecular weight is 255 g/mol. The molecular weight excluding hydrogens is 234 g/mol. The second-order valence-electron chi connectivity index (χ2n) is 6.37. The van der Waals surface area contributed by atoms with E-state index in [0.717, 1.165) is 19.3 Å². The summed E-state index contributed by atoms with van der Waals surface area (Å²) < 4.78 is 5.19. The second-order valence-corrected chi connectivity index (χ2v) is 6.37. The summed E-state index contributed by atoms with van der Waals surface area (Å²) in [5, 5.41) is 12.0. The number of nitrogens with one attached hydrogen (secondary N) is 1. The minimum absolute atomic E-state index is 0.215. The number of ether oxygens (including phenoxy) is 1. The first-order valence-electron chi connectivity index (χ1n) is 6.50. The Balaban J connectivity index is 2.00. The maximum atomic E-state index is 11.7. The highest BCUT2D eigenvalue weighted by atomic mass is 16.6. The van der Waals surface area contributed by atoms with Crippen molar-refractivity contribution in [2.24, 2.45) is 17.8 Å². The van der Waals surface area contributed by atoms with Crippen LogP contribution in [0, 0.1) is 17.8 Å². The zero-order chi connectivity index (χ0) is 13.5. The van der Waals surface area contributed by atoms with Crippen LogP contribution < -0.4 is 5.32 Å². The second kappa shape index (κ2) is 4.44. The summed E-state index contributed by atoms with van der Waals surface area (Å²) in [6, 6.07) is -0.268. The molecule has 0 spiro atoms. The van der Waals surface area contributed by atoms with Gasteiger partial charge < -0.3 is 15.2 Å². The zero-order valence-corrected chi connectivity index (χ0v) is 11.1. The molecule has 2 N–H and O–H groups in total. The van der Waals surface area contributed by atoms with Crippen molar-refractivity contribution in [1.29, 1.82) is 0 Å². The fraction of sp³-hybridized carbons (Fsp3) is 0.846. The highest BCUT2D eigenvalue weighted by molar-refractivity contribution is 5.75. The quantitative estimate of drug-likeness (QED) is 0.791. The Hall–Kier alpha value is -1.26. The minimum Gasteiger partial charge on any atom is -0.481 e. The lowest BCUT2D eigenvalue weighted by molar-refractivity contribution is -0.144. The number of carbonyl (C=O) groups excluding carboxylic acids is 1. The lowest BCUT2D eigenvalue weighted by Crippen LogP contribution is -2.48. The van der Waals surface area contributed by atoms with E-state index in [-0.39, 0.29) is 12.0 Å². The highest BCUT2D eigenvalue weighted by Gasteiger charge is 2.51. The monoisotopic (exact) mass is 255 g/mol. The van der Waals surface area contributed by atoms with E-state index in [2.05, 4.69) is 5.32 Å². The molecule has 4 atom stereocenters. The van der Waals surface area contributed by atoms with E-state index in [4.69, 9.17) is 4.74 Å². The van der Waals surface area contributed by atoms with Gasteiger partial charge >= 0.3 is 12.1 Å². The number of hydrogen-bond acceptors (Lipinski definition) is 3. The van der Waals surface area contributed by atoms with E-state index in [1.807, 2.05) is 0 Å². The number of rotatable bonds is 2. The molecule has 0 radical (unpaired) electrons. The summed E-state index contributed by atoms with van der Waals surface area (Å²) in [6.45, 7) is 5.38. The zero-order valence-electron chi connectivity index (χ0n) is 11.1. The Bertz CT molecular complexity index is 360. The molecule has 2 saturated carbocycles. The Morgan fingerprint density at radius 2 is 1.83 bits per heavy atom. The van der Waals surface area contributed by atoms with Crippen molar-refractivity contribution in [2.75, 3.05) is 0 Å². The number of aliphatic carboxylic acids is 1. The predicted molar refractivity (Wildman–Crippen MR) is 65.1 cm³/mol. The van der Waals surface area contributed by atoms with Crippen molar-refractivity contribution in [3.8, 4) is 0 Å². The predicted octanol–water partition coefficient (Wildman–Crippen LogP) is 2.01. The summed E-state index contributed by atoms with van der Waals surface area (Å²) in [5.41, 5.74) is -0.555. The molecule has 2 bridgehead atoms. The molecule has 102 valence electrons. The summed E-state index contributed by atoms with van der Waals surface area (Å²) in [5.74, 6) is -0.740. The van der Waals surface area contributed by atoms with E-state index < -0.39 is 23.6 Å². The fourth-order valence-corrected chi connectivity index (χ4v) is 3.30. The third-order valence-corrected chi connectivity index (χ3v) is 3.88. The van der Waals surface area contributed by atoms with Gasteiger partial charge in [-0.25, -0.2) is 4.79 Å². The molecule has 18 heavy (non-hydrogen) atoms. The Morgan fingerprint density at radius 1 is 1.22 bits per heavy atom. The van der Waals surface area contributed by atoms with Crippen molar-refractivity contribution in [1.82, 2.24) is 5.32 Å². The smallest absolute Gasteiger partial charge is 0.407 e. The van der Waals surface area contributed by atoms with Gasteiger partial charge in [-0.05, 0) is 51.9 Å². The normalized spacial score (nSPS) is 34.4. The number of fused-ring (bicyclic) bond motifs is 2. The van der Waals surface area contributed by atoms with Gasteiger partial charge in [0.15, 0.2) is 0 Å². The molecule has 2 rings (SSSR count). The molecular formula is C13H21NO4. The van der Waals surface area contributed by atoms with Crippen LogP contribution in [-0.2, 0) is 9.53 Å². The van der Waals surface area contributed by atoms with Crippen molar-refractivity contribution in [3.05, 3.63) is 0 Å². The van der Waals surface area contributed by atoms with Crippen LogP contribution in [0.1, 0.15) is 40.0 Å². The molecule has 0 aromatic heterocycles. The van der Waals surface area contributed by atoms with Crippen LogP contribution in [0.4, 0.5) is 4.79 Å². The van der Waals surface area contributed by atoms with Crippen LogP contribution in [0.15, 0.2) is 0 Å². The Labute approximate surface area is 107 Å². The molecule has 2 aliphatic carbocycles. The topological polar surface area (TPSA) is 75.6 Å². The van der Waals surface area contributed by atoms with Crippen molar-refractivity contribution >= 4 is 12.1 Å². The highest BCUT2D eigenvalue weighted by Crippen LogP contribution is 2.48. The molecule has 2 fully saturated rings. The van der Waals surface area contributed by atoms with Gasteiger partial charge in [0, 0.05) is 6.04 Å². The van der Waals surface area contributed by atoms with E-state index in [9.17, 15) is 14.7 Å². The average Bonchev–Trinajstić information content (AvgIpc) is 2.73. The molecule has 0 saturated heterocycles. The Kier molecular flexibility index (Phi) is 3.25. The van der Waals surface area contributed by atoms with Gasteiger partial charge in [-0.1, -0.05) is 0 Å². The number of carboxylic acid groups (broad SMARTS) is 1. The Morgan fingerprint density at radius 3 is 2.39 bits per heavy atom.